The number of aliphatic hydroxyl groups is 1. The van der Waals surface area contributed by atoms with Crippen LogP contribution >= 0.6 is 15.9 Å². The summed E-state index contributed by atoms with van der Waals surface area (Å²) in [5.41, 5.74) is 1.11. The fraction of sp³-hybridized carbons (Fsp3) is 0.615. The lowest BCUT2D eigenvalue weighted by Crippen LogP contribution is -2.20. The molecule has 1 aliphatic rings. The number of pyridine rings is 1. The van der Waals surface area contributed by atoms with E-state index in [1.54, 1.807) is 6.20 Å². The van der Waals surface area contributed by atoms with Crippen molar-refractivity contribution in [3.63, 3.8) is 0 Å². The standard InChI is InChI=1S/C13H18BrNO/c1-9-2-3-11(4-9)13(16)6-10-5-12(14)8-15-7-10/h5,7-9,11,13,16H,2-4,6H2,1H3. The first-order valence-corrected chi connectivity index (χ1v) is 6.72. The molecule has 0 aliphatic heterocycles. The smallest absolute Gasteiger partial charge is 0.0609 e. The van der Waals surface area contributed by atoms with Crippen LogP contribution in [0.2, 0.25) is 0 Å². The van der Waals surface area contributed by atoms with Crippen LogP contribution in [0.3, 0.4) is 0 Å². The van der Waals surface area contributed by atoms with Crippen molar-refractivity contribution in [3.8, 4) is 0 Å². The molecule has 2 rings (SSSR count). The molecule has 1 aromatic heterocycles. The maximum absolute atomic E-state index is 10.2. The number of hydrogen-bond donors (Lipinski definition) is 1. The molecule has 88 valence electrons. The third-order valence-corrected chi connectivity index (χ3v) is 3.92. The van der Waals surface area contributed by atoms with Gasteiger partial charge in [-0.05, 0) is 52.2 Å². The Balaban J connectivity index is 1.94. The van der Waals surface area contributed by atoms with Gasteiger partial charge in [0.1, 0.15) is 0 Å². The number of aliphatic hydroxyl groups excluding tert-OH is 1. The summed E-state index contributed by atoms with van der Waals surface area (Å²) in [6, 6.07) is 2.04. The van der Waals surface area contributed by atoms with E-state index in [4.69, 9.17) is 0 Å². The SMILES string of the molecule is CC1CCC(C(O)Cc2cncc(Br)c2)C1. The molecule has 1 N–H and O–H groups in total. The second kappa shape index (κ2) is 5.28. The number of rotatable bonds is 3. The van der Waals surface area contributed by atoms with Gasteiger partial charge in [0.25, 0.3) is 0 Å². The molecule has 0 amide bonds. The third-order valence-electron chi connectivity index (χ3n) is 3.49. The summed E-state index contributed by atoms with van der Waals surface area (Å²) >= 11 is 3.40. The summed E-state index contributed by atoms with van der Waals surface area (Å²) in [6.45, 7) is 2.27. The van der Waals surface area contributed by atoms with Crippen molar-refractivity contribution in [1.29, 1.82) is 0 Å². The molecule has 3 unspecified atom stereocenters. The van der Waals surface area contributed by atoms with E-state index < -0.39 is 0 Å². The van der Waals surface area contributed by atoms with Crippen molar-refractivity contribution >= 4 is 15.9 Å². The molecular formula is C13H18BrNO. The molecule has 2 nitrogen and oxygen atoms in total. The summed E-state index contributed by atoms with van der Waals surface area (Å²) in [4.78, 5) is 4.12. The maximum atomic E-state index is 10.2. The quantitative estimate of drug-likeness (QED) is 0.924. The Hall–Kier alpha value is -0.410. The molecule has 0 bridgehead atoms. The first kappa shape index (κ1) is 12.1. The fourth-order valence-corrected chi connectivity index (χ4v) is 2.99. The van der Waals surface area contributed by atoms with Gasteiger partial charge in [-0.3, -0.25) is 4.98 Å². The maximum Gasteiger partial charge on any atom is 0.0609 e. The molecule has 16 heavy (non-hydrogen) atoms. The van der Waals surface area contributed by atoms with Gasteiger partial charge in [-0.1, -0.05) is 13.3 Å². The van der Waals surface area contributed by atoms with Gasteiger partial charge in [0, 0.05) is 23.3 Å². The first-order valence-electron chi connectivity index (χ1n) is 5.92. The predicted octanol–water partition coefficient (Wildman–Crippen LogP) is 3.18. The van der Waals surface area contributed by atoms with Crippen LogP contribution < -0.4 is 0 Å². The minimum absolute atomic E-state index is 0.207. The molecule has 0 saturated heterocycles. The molecular weight excluding hydrogens is 266 g/mol. The van der Waals surface area contributed by atoms with E-state index >= 15 is 0 Å². The highest BCUT2D eigenvalue weighted by atomic mass is 79.9. The third kappa shape index (κ3) is 3.05. The first-order chi connectivity index (χ1) is 7.65. The van der Waals surface area contributed by atoms with E-state index in [0.29, 0.717) is 5.92 Å². The van der Waals surface area contributed by atoms with Crippen molar-refractivity contribution in [2.75, 3.05) is 0 Å². The molecule has 0 aromatic carbocycles. The number of nitrogens with zero attached hydrogens (tertiary/aromatic N) is 1. The topological polar surface area (TPSA) is 33.1 Å². The van der Waals surface area contributed by atoms with Crippen LogP contribution in [0.5, 0.6) is 0 Å². The van der Waals surface area contributed by atoms with Crippen LogP contribution in [-0.4, -0.2) is 16.2 Å². The van der Waals surface area contributed by atoms with Gasteiger partial charge >= 0.3 is 0 Å². The second-order valence-electron chi connectivity index (χ2n) is 4.96. The van der Waals surface area contributed by atoms with Gasteiger partial charge in [0.05, 0.1) is 6.10 Å². The number of hydrogen-bond acceptors (Lipinski definition) is 2. The molecule has 0 spiro atoms. The molecule has 3 atom stereocenters. The van der Waals surface area contributed by atoms with Crippen molar-refractivity contribution in [2.45, 2.75) is 38.7 Å². The molecule has 1 aromatic rings. The zero-order valence-corrected chi connectivity index (χ0v) is 11.2. The van der Waals surface area contributed by atoms with Crippen LogP contribution in [0.1, 0.15) is 31.7 Å². The van der Waals surface area contributed by atoms with Gasteiger partial charge in [-0.2, -0.15) is 0 Å². The summed E-state index contributed by atoms with van der Waals surface area (Å²) in [5.74, 6) is 1.26. The minimum Gasteiger partial charge on any atom is -0.392 e. The van der Waals surface area contributed by atoms with Gasteiger partial charge < -0.3 is 5.11 Å². The Morgan fingerprint density at radius 1 is 1.50 bits per heavy atom. The average Bonchev–Trinajstić information content (AvgIpc) is 2.65. The summed E-state index contributed by atoms with van der Waals surface area (Å²) in [7, 11) is 0. The Kier molecular flexibility index (Phi) is 3.98. The van der Waals surface area contributed by atoms with Crippen molar-refractivity contribution in [2.24, 2.45) is 11.8 Å². The molecule has 1 aliphatic carbocycles. The van der Waals surface area contributed by atoms with E-state index in [-0.39, 0.29) is 6.10 Å². The lowest BCUT2D eigenvalue weighted by Gasteiger charge is -2.17. The van der Waals surface area contributed by atoms with Crippen molar-refractivity contribution < 1.29 is 5.11 Å². The Morgan fingerprint density at radius 2 is 2.31 bits per heavy atom. The Morgan fingerprint density at radius 3 is 2.94 bits per heavy atom. The summed E-state index contributed by atoms with van der Waals surface area (Å²) < 4.78 is 0.983. The van der Waals surface area contributed by atoms with Gasteiger partial charge in [-0.15, -0.1) is 0 Å². The van der Waals surface area contributed by atoms with E-state index in [9.17, 15) is 5.11 Å². The van der Waals surface area contributed by atoms with Gasteiger partial charge in [-0.25, -0.2) is 0 Å². The second-order valence-corrected chi connectivity index (χ2v) is 5.88. The van der Waals surface area contributed by atoms with Crippen LogP contribution in [0, 0.1) is 11.8 Å². The molecule has 1 heterocycles. The minimum atomic E-state index is -0.207. The average molecular weight is 284 g/mol. The van der Waals surface area contributed by atoms with Crippen LogP contribution in [0.15, 0.2) is 22.9 Å². The largest absolute Gasteiger partial charge is 0.392 e. The normalized spacial score (nSPS) is 26.9. The monoisotopic (exact) mass is 283 g/mol. The summed E-state index contributed by atoms with van der Waals surface area (Å²) in [6.07, 6.45) is 7.73. The summed E-state index contributed by atoms with van der Waals surface area (Å²) in [5, 5.41) is 10.2. The van der Waals surface area contributed by atoms with Crippen molar-refractivity contribution in [3.05, 3.63) is 28.5 Å². The van der Waals surface area contributed by atoms with Crippen LogP contribution in [0.25, 0.3) is 0 Å². The van der Waals surface area contributed by atoms with Crippen molar-refractivity contribution in [1.82, 2.24) is 4.98 Å². The highest BCUT2D eigenvalue weighted by Gasteiger charge is 2.27. The molecule has 0 radical (unpaired) electrons. The Labute approximate surface area is 105 Å². The number of aromatic nitrogens is 1. The highest BCUT2D eigenvalue weighted by molar-refractivity contribution is 9.10. The highest BCUT2D eigenvalue weighted by Crippen LogP contribution is 2.33. The van der Waals surface area contributed by atoms with E-state index in [1.165, 1.54) is 19.3 Å². The Bertz CT molecular complexity index is 356. The zero-order valence-electron chi connectivity index (χ0n) is 9.56. The number of halogens is 1. The fourth-order valence-electron chi connectivity index (χ4n) is 2.58. The molecule has 3 heteroatoms. The van der Waals surface area contributed by atoms with Gasteiger partial charge in [0.15, 0.2) is 0 Å². The van der Waals surface area contributed by atoms with Gasteiger partial charge in [0.2, 0.25) is 0 Å². The van der Waals surface area contributed by atoms with E-state index in [0.717, 1.165) is 22.4 Å². The van der Waals surface area contributed by atoms with E-state index in [1.807, 2.05) is 12.3 Å². The lowest BCUT2D eigenvalue weighted by atomic mass is 9.95. The molecule has 1 saturated carbocycles. The van der Waals surface area contributed by atoms with E-state index in [2.05, 4.69) is 27.8 Å². The zero-order chi connectivity index (χ0) is 11.5. The van der Waals surface area contributed by atoms with Crippen LogP contribution in [0.4, 0.5) is 0 Å². The lowest BCUT2D eigenvalue weighted by molar-refractivity contribution is 0.109. The predicted molar refractivity (Wildman–Crippen MR) is 68.2 cm³/mol. The van der Waals surface area contributed by atoms with Crippen LogP contribution in [-0.2, 0) is 6.42 Å². The molecule has 1 fully saturated rings.